The molecule has 0 saturated carbocycles. The lowest BCUT2D eigenvalue weighted by atomic mass is 10.0. The highest BCUT2D eigenvalue weighted by atomic mass is 19.1. The average molecular weight is 411 g/mol. The zero-order valence-electron chi connectivity index (χ0n) is 15.8. The predicted octanol–water partition coefficient (Wildman–Crippen LogP) is 4.84. The second kappa shape index (κ2) is 6.38. The van der Waals surface area contributed by atoms with E-state index >= 15 is 0 Å². The van der Waals surface area contributed by atoms with Crippen molar-refractivity contribution in [3.8, 4) is 16.9 Å². The molecule has 3 heterocycles. The van der Waals surface area contributed by atoms with Crippen LogP contribution in [0.2, 0.25) is 0 Å². The molecule has 5 aromatic rings. The van der Waals surface area contributed by atoms with Crippen molar-refractivity contribution in [2.24, 2.45) is 7.05 Å². The number of hydrogen-bond acceptors (Lipinski definition) is 3. The first-order valence-electron chi connectivity index (χ1n) is 8.97. The first-order chi connectivity index (χ1) is 14.4. The van der Waals surface area contributed by atoms with Gasteiger partial charge in [0.25, 0.3) is 0 Å². The van der Waals surface area contributed by atoms with Crippen LogP contribution in [0.1, 0.15) is 5.56 Å². The zero-order valence-corrected chi connectivity index (χ0v) is 15.8. The molecule has 9 heteroatoms. The number of fused-ring (bicyclic) bond motifs is 2. The summed E-state index contributed by atoms with van der Waals surface area (Å²) < 4.78 is 59.1. The number of nitrogens with zero attached hydrogens (tertiary/aromatic N) is 5. The van der Waals surface area contributed by atoms with Gasteiger partial charge in [-0.3, -0.25) is 0 Å². The summed E-state index contributed by atoms with van der Waals surface area (Å²) in [5, 5.41) is 8.96. The number of aromatic nitrogens is 5. The molecule has 3 aromatic heterocycles. The third-order valence-corrected chi connectivity index (χ3v) is 5.11. The zero-order chi connectivity index (χ0) is 21.2. The Balaban J connectivity index is 1.90. The highest BCUT2D eigenvalue weighted by Gasteiger charge is 2.23. The van der Waals surface area contributed by atoms with Gasteiger partial charge in [-0.25, -0.2) is 23.1 Å². The van der Waals surface area contributed by atoms with Crippen LogP contribution < -0.4 is 0 Å². The largest absolute Gasteiger partial charge is 0.241 e. The van der Waals surface area contributed by atoms with E-state index in [1.165, 1.54) is 48.3 Å². The van der Waals surface area contributed by atoms with Crippen molar-refractivity contribution >= 4 is 21.8 Å². The molecule has 0 fully saturated rings. The van der Waals surface area contributed by atoms with Gasteiger partial charge in [0.2, 0.25) is 11.9 Å². The molecule has 30 heavy (non-hydrogen) atoms. The Labute approximate surface area is 167 Å². The molecule has 0 spiro atoms. The minimum atomic E-state index is -0.718. The Kier molecular flexibility index (Phi) is 3.89. The second-order valence-corrected chi connectivity index (χ2v) is 6.90. The molecular weight excluding hydrogens is 398 g/mol. The van der Waals surface area contributed by atoms with Crippen LogP contribution in [-0.2, 0) is 7.05 Å². The van der Waals surface area contributed by atoms with E-state index < -0.39 is 23.5 Å². The smallest absolute Gasteiger partial charge is 0.219 e. The van der Waals surface area contributed by atoms with Crippen LogP contribution in [0.25, 0.3) is 38.8 Å². The standard InChI is InChI=1S/C21H13F4N5/c1-10-14(22)6-5-13-18(28-30(20(10)13)11-3-8-16(24)26-9-11)12-4-7-15(23)19-17(12)21(25)29(2)27-19/h3-9H,1-2H3. The topological polar surface area (TPSA) is 48.5 Å². The fourth-order valence-corrected chi connectivity index (χ4v) is 3.65. The van der Waals surface area contributed by atoms with E-state index in [0.29, 0.717) is 33.4 Å². The van der Waals surface area contributed by atoms with Crippen LogP contribution in [0.4, 0.5) is 17.6 Å². The number of halogens is 4. The molecule has 2 aromatic carbocycles. The van der Waals surface area contributed by atoms with Crippen LogP contribution in [0.15, 0.2) is 42.6 Å². The number of hydrogen-bond donors (Lipinski definition) is 0. The summed E-state index contributed by atoms with van der Waals surface area (Å²) in [6, 6.07) is 8.02. The van der Waals surface area contributed by atoms with E-state index in [2.05, 4.69) is 15.2 Å². The van der Waals surface area contributed by atoms with Crippen molar-refractivity contribution in [3.63, 3.8) is 0 Å². The predicted molar refractivity (Wildman–Crippen MR) is 103 cm³/mol. The van der Waals surface area contributed by atoms with Gasteiger partial charge < -0.3 is 0 Å². The van der Waals surface area contributed by atoms with Gasteiger partial charge in [0.1, 0.15) is 17.0 Å². The van der Waals surface area contributed by atoms with Gasteiger partial charge in [-0.2, -0.15) is 19.0 Å². The Morgan fingerprint density at radius 1 is 0.867 bits per heavy atom. The fraction of sp³-hybridized carbons (Fsp3) is 0.0952. The van der Waals surface area contributed by atoms with E-state index in [1.807, 2.05) is 0 Å². The van der Waals surface area contributed by atoms with E-state index in [0.717, 1.165) is 10.7 Å². The summed E-state index contributed by atoms with van der Waals surface area (Å²) >= 11 is 0. The highest BCUT2D eigenvalue weighted by Crippen LogP contribution is 2.37. The summed E-state index contributed by atoms with van der Waals surface area (Å²) in [7, 11) is 1.37. The van der Waals surface area contributed by atoms with Gasteiger partial charge in [-0.05, 0) is 43.3 Å². The summed E-state index contributed by atoms with van der Waals surface area (Å²) in [5.41, 5.74) is 1.61. The minimum Gasteiger partial charge on any atom is -0.241 e. The third-order valence-electron chi connectivity index (χ3n) is 5.11. The van der Waals surface area contributed by atoms with Crippen molar-refractivity contribution < 1.29 is 17.6 Å². The van der Waals surface area contributed by atoms with E-state index in [4.69, 9.17) is 0 Å². The summed E-state index contributed by atoms with van der Waals surface area (Å²) in [6.45, 7) is 1.58. The Morgan fingerprint density at radius 3 is 2.37 bits per heavy atom. The quantitative estimate of drug-likeness (QED) is 0.309. The van der Waals surface area contributed by atoms with Gasteiger partial charge in [-0.1, -0.05) is 0 Å². The Morgan fingerprint density at radius 2 is 1.63 bits per heavy atom. The lowest BCUT2D eigenvalue weighted by Crippen LogP contribution is -2.00. The van der Waals surface area contributed by atoms with Gasteiger partial charge >= 0.3 is 0 Å². The molecule has 150 valence electrons. The van der Waals surface area contributed by atoms with Crippen LogP contribution >= 0.6 is 0 Å². The molecule has 0 saturated heterocycles. The molecule has 0 N–H and O–H groups in total. The molecule has 0 unspecified atom stereocenters. The van der Waals surface area contributed by atoms with Gasteiger partial charge in [-0.15, -0.1) is 0 Å². The molecule has 0 bridgehead atoms. The van der Waals surface area contributed by atoms with Gasteiger partial charge in [0.15, 0.2) is 5.82 Å². The maximum atomic E-state index is 14.8. The third kappa shape index (κ3) is 2.51. The number of pyridine rings is 1. The van der Waals surface area contributed by atoms with E-state index in [9.17, 15) is 17.6 Å². The number of rotatable bonds is 2. The number of aryl methyl sites for hydroxylation is 2. The van der Waals surface area contributed by atoms with Crippen molar-refractivity contribution in [2.45, 2.75) is 6.92 Å². The molecule has 0 aliphatic heterocycles. The van der Waals surface area contributed by atoms with Gasteiger partial charge in [0, 0.05) is 23.6 Å². The SMILES string of the molecule is Cc1c(F)ccc2c(-c3ccc(F)c4nn(C)c(F)c34)nn(-c3ccc(F)nc3)c12. The second-order valence-electron chi connectivity index (χ2n) is 6.90. The molecular formula is C21H13F4N5. The lowest BCUT2D eigenvalue weighted by molar-refractivity contribution is 0.511. The molecule has 0 aliphatic rings. The first kappa shape index (κ1) is 18.3. The minimum absolute atomic E-state index is 0.0248. The molecule has 0 atom stereocenters. The van der Waals surface area contributed by atoms with Crippen LogP contribution in [0, 0.1) is 30.5 Å². The van der Waals surface area contributed by atoms with Crippen LogP contribution in [0.3, 0.4) is 0 Å². The maximum absolute atomic E-state index is 14.8. The van der Waals surface area contributed by atoms with Crippen molar-refractivity contribution in [3.05, 3.63) is 71.7 Å². The fourth-order valence-electron chi connectivity index (χ4n) is 3.65. The molecule has 5 nitrogen and oxygen atoms in total. The Hall–Kier alpha value is -3.75. The monoisotopic (exact) mass is 411 g/mol. The van der Waals surface area contributed by atoms with Crippen LogP contribution in [-0.4, -0.2) is 24.5 Å². The summed E-state index contributed by atoms with van der Waals surface area (Å²) in [4.78, 5) is 3.63. The van der Waals surface area contributed by atoms with Crippen molar-refractivity contribution in [1.29, 1.82) is 0 Å². The Bertz CT molecular complexity index is 1450. The van der Waals surface area contributed by atoms with Crippen molar-refractivity contribution in [2.75, 3.05) is 0 Å². The van der Waals surface area contributed by atoms with E-state index in [-0.39, 0.29) is 10.9 Å². The van der Waals surface area contributed by atoms with Crippen LogP contribution in [0.5, 0.6) is 0 Å². The molecule has 5 rings (SSSR count). The van der Waals surface area contributed by atoms with Gasteiger partial charge in [0.05, 0.1) is 22.8 Å². The molecule has 0 aliphatic carbocycles. The average Bonchev–Trinajstić information content (AvgIpc) is 3.26. The highest BCUT2D eigenvalue weighted by molar-refractivity contribution is 6.04. The number of benzene rings is 2. The molecule has 0 radical (unpaired) electrons. The first-order valence-corrected chi connectivity index (χ1v) is 8.97. The maximum Gasteiger partial charge on any atom is 0.219 e. The van der Waals surface area contributed by atoms with E-state index in [1.54, 1.807) is 6.92 Å². The van der Waals surface area contributed by atoms with Crippen molar-refractivity contribution in [1.82, 2.24) is 24.5 Å². The summed E-state index contributed by atoms with van der Waals surface area (Å²) in [5.74, 6) is -2.51. The normalized spacial score (nSPS) is 11.7. The lowest BCUT2D eigenvalue weighted by Gasteiger charge is -2.05. The summed E-state index contributed by atoms with van der Waals surface area (Å²) in [6.07, 6.45) is 1.26. The molecule has 0 amide bonds.